The van der Waals surface area contributed by atoms with Gasteiger partial charge in [0.1, 0.15) is 5.75 Å². The molecule has 1 fully saturated rings. The summed E-state index contributed by atoms with van der Waals surface area (Å²) in [4.78, 5) is 22.5. The molecule has 2 aromatic heterocycles. The SMILES string of the molecule is COc1ccc2[nH]cc(C(=O)N3CCCC3CCc3ccncc3)c2c1. The van der Waals surface area contributed by atoms with Crippen LogP contribution < -0.4 is 4.74 Å². The van der Waals surface area contributed by atoms with Crippen LogP contribution in [0.2, 0.25) is 0 Å². The highest BCUT2D eigenvalue weighted by Crippen LogP contribution is 2.28. The summed E-state index contributed by atoms with van der Waals surface area (Å²) in [6, 6.07) is 10.2. The molecule has 4 rings (SSSR count). The van der Waals surface area contributed by atoms with Gasteiger partial charge >= 0.3 is 0 Å². The minimum absolute atomic E-state index is 0.113. The molecule has 0 saturated carbocycles. The van der Waals surface area contributed by atoms with Gasteiger partial charge in [-0.1, -0.05) is 0 Å². The fourth-order valence-electron chi connectivity index (χ4n) is 3.84. The fraction of sp³-hybridized carbons (Fsp3) is 0.333. The monoisotopic (exact) mass is 349 g/mol. The Hall–Kier alpha value is -2.82. The molecule has 1 amide bonds. The number of amides is 1. The van der Waals surface area contributed by atoms with E-state index in [-0.39, 0.29) is 5.91 Å². The molecule has 0 bridgehead atoms. The van der Waals surface area contributed by atoms with Crippen molar-refractivity contribution in [2.75, 3.05) is 13.7 Å². The third-order valence-electron chi connectivity index (χ3n) is 5.27. The highest BCUT2D eigenvalue weighted by Gasteiger charge is 2.30. The molecular weight excluding hydrogens is 326 g/mol. The van der Waals surface area contributed by atoms with Crippen LogP contribution in [-0.2, 0) is 6.42 Å². The van der Waals surface area contributed by atoms with Gasteiger partial charge < -0.3 is 14.6 Å². The summed E-state index contributed by atoms with van der Waals surface area (Å²) in [6.07, 6.45) is 9.57. The minimum Gasteiger partial charge on any atom is -0.497 e. The van der Waals surface area contributed by atoms with Crippen LogP contribution in [0.3, 0.4) is 0 Å². The predicted molar refractivity (Wildman–Crippen MR) is 101 cm³/mol. The standard InChI is InChI=1S/C21H23N3O2/c1-26-17-6-7-20-18(13-17)19(14-23-20)21(25)24-12-2-3-16(24)5-4-15-8-10-22-11-9-15/h6-11,13-14,16,23H,2-5,12H2,1H3. The van der Waals surface area contributed by atoms with Crippen molar-refractivity contribution in [2.24, 2.45) is 0 Å². The number of nitrogens with zero attached hydrogens (tertiary/aromatic N) is 2. The number of fused-ring (bicyclic) bond motifs is 1. The van der Waals surface area contributed by atoms with Crippen LogP contribution in [0.15, 0.2) is 48.9 Å². The number of ether oxygens (including phenoxy) is 1. The molecule has 1 atom stereocenters. The number of rotatable bonds is 5. The van der Waals surface area contributed by atoms with Crippen LogP contribution >= 0.6 is 0 Å². The topological polar surface area (TPSA) is 58.2 Å². The largest absolute Gasteiger partial charge is 0.497 e. The first kappa shape index (κ1) is 16.6. The van der Waals surface area contributed by atoms with Crippen LogP contribution in [0.1, 0.15) is 35.2 Å². The molecule has 0 radical (unpaired) electrons. The van der Waals surface area contributed by atoms with Gasteiger partial charge in [0.2, 0.25) is 0 Å². The van der Waals surface area contributed by atoms with E-state index in [1.54, 1.807) is 7.11 Å². The molecule has 1 aliphatic rings. The zero-order chi connectivity index (χ0) is 17.9. The predicted octanol–water partition coefficient (Wildman–Crippen LogP) is 3.81. The number of carbonyl (C=O) groups is 1. The van der Waals surface area contributed by atoms with Crippen molar-refractivity contribution in [1.29, 1.82) is 0 Å². The summed E-state index contributed by atoms with van der Waals surface area (Å²) < 4.78 is 5.32. The van der Waals surface area contributed by atoms with Gasteiger partial charge in [-0.3, -0.25) is 9.78 Å². The average Bonchev–Trinajstić information content (AvgIpc) is 3.33. The molecule has 1 N–H and O–H groups in total. The van der Waals surface area contributed by atoms with Crippen LogP contribution in [-0.4, -0.2) is 40.5 Å². The molecule has 1 aliphatic heterocycles. The zero-order valence-corrected chi connectivity index (χ0v) is 14.9. The lowest BCUT2D eigenvalue weighted by molar-refractivity contribution is 0.0732. The van der Waals surface area contributed by atoms with Crippen LogP contribution in [0.4, 0.5) is 0 Å². The molecule has 3 heterocycles. The Morgan fingerprint density at radius 3 is 2.96 bits per heavy atom. The molecule has 1 saturated heterocycles. The van der Waals surface area contributed by atoms with Crippen molar-refractivity contribution in [2.45, 2.75) is 31.7 Å². The van der Waals surface area contributed by atoms with Gasteiger partial charge in [-0.2, -0.15) is 0 Å². The van der Waals surface area contributed by atoms with Crippen LogP contribution in [0, 0.1) is 0 Å². The van der Waals surface area contributed by atoms with E-state index < -0.39 is 0 Å². The lowest BCUT2D eigenvalue weighted by Gasteiger charge is -2.24. The van der Waals surface area contributed by atoms with Crippen molar-refractivity contribution in [3.05, 3.63) is 60.0 Å². The summed E-state index contributed by atoms with van der Waals surface area (Å²) in [7, 11) is 1.64. The number of pyridine rings is 1. The highest BCUT2D eigenvalue weighted by molar-refractivity contribution is 6.07. The number of likely N-dealkylation sites (tertiary alicyclic amines) is 1. The summed E-state index contributed by atoms with van der Waals surface area (Å²) >= 11 is 0. The van der Waals surface area contributed by atoms with Gasteiger partial charge in [-0.05, 0) is 61.6 Å². The Morgan fingerprint density at radius 2 is 2.15 bits per heavy atom. The summed E-state index contributed by atoms with van der Waals surface area (Å²) in [5, 5.41) is 0.925. The van der Waals surface area contributed by atoms with E-state index in [2.05, 4.69) is 9.97 Å². The lowest BCUT2D eigenvalue weighted by atomic mass is 10.0. The summed E-state index contributed by atoms with van der Waals surface area (Å²) in [5.41, 5.74) is 2.97. The first-order valence-corrected chi connectivity index (χ1v) is 9.11. The summed E-state index contributed by atoms with van der Waals surface area (Å²) in [6.45, 7) is 0.830. The molecule has 1 aromatic carbocycles. The number of aryl methyl sites for hydroxylation is 1. The number of carbonyl (C=O) groups excluding carboxylic acids is 1. The molecule has 3 aromatic rings. The third kappa shape index (κ3) is 3.17. The first-order chi connectivity index (χ1) is 12.8. The highest BCUT2D eigenvalue weighted by atomic mass is 16.5. The molecule has 134 valence electrons. The number of H-pyrrole nitrogens is 1. The average molecular weight is 349 g/mol. The van der Waals surface area contributed by atoms with E-state index in [1.807, 2.05) is 53.8 Å². The van der Waals surface area contributed by atoms with Gasteiger partial charge in [0.05, 0.1) is 12.7 Å². The molecule has 5 nitrogen and oxygen atoms in total. The molecule has 0 aliphatic carbocycles. The number of hydrogen-bond acceptors (Lipinski definition) is 3. The number of aromatic amines is 1. The smallest absolute Gasteiger partial charge is 0.256 e. The first-order valence-electron chi connectivity index (χ1n) is 9.11. The molecule has 5 heteroatoms. The van der Waals surface area contributed by atoms with E-state index >= 15 is 0 Å². The van der Waals surface area contributed by atoms with Crippen molar-refractivity contribution in [3.8, 4) is 5.75 Å². The summed E-state index contributed by atoms with van der Waals surface area (Å²) in [5.74, 6) is 0.878. The Kier molecular flexibility index (Phi) is 4.61. The number of nitrogens with one attached hydrogen (secondary N) is 1. The second-order valence-electron chi connectivity index (χ2n) is 6.80. The Bertz CT molecular complexity index is 904. The second kappa shape index (κ2) is 7.20. The maximum Gasteiger partial charge on any atom is 0.256 e. The normalized spacial score (nSPS) is 17.0. The minimum atomic E-state index is 0.113. The maximum atomic E-state index is 13.2. The lowest BCUT2D eigenvalue weighted by Crippen LogP contribution is -2.35. The van der Waals surface area contributed by atoms with E-state index in [0.29, 0.717) is 6.04 Å². The van der Waals surface area contributed by atoms with E-state index in [0.717, 1.165) is 54.4 Å². The maximum absolute atomic E-state index is 13.2. The van der Waals surface area contributed by atoms with Gasteiger partial charge in [0.25, 0.3) is 5.91 Å². The van der Waals surface area contributed by atoms with E-state index in [4.69, 9.17) is 4.74 Å². The molecule has 0 spiro atoms. The van der Waals surface area contributed by atoms with Gasteiger partial charge in [-0.15, -0.1) is 0 Å². The van der Waals surface area contributed by atoms with E-state index in [1.165, 1.54) is 5.56 Å². The molecule has 1 unspecified atom stereocenters. The van der Waals surface area contributed by atoms with Crippen molar-refractivity contribution in [3.63, 3.8) is 0 Å². The fourth-order valence-corrected chi connectivity index (χ4v) is 3.84. The number of hydrogen-bond donors (Lipinski definition) is 1. The number of methoxy groups -OCH3 is 1. The Labute approximate surface area is 153 Å². The van der Waals surface area contributed by atoms with Gasteiger partial charge in [-0.25, -0.2) is 0 Å². The van der Waals surface area contributed by atoms with E-state index in [9.17, 15) is 4.79 Å². The molecular formula is C21H23N3O2. The molecule has 26 heavy (non-hydrogen) atoms. The zero-order valence-electron chi connectivity index (χ0n) is 14.9. The Balaban J connectivity index is 1.53. The van der Waals surface area contributed by atoms with Crippen molar-refractivity contribution < 1.29 is 9.53 Å². The number of aromatic nitrogens is 2. The van der Waals surface area contributed by atoms with Crippen LogP contribution in [0.5, 0.6) is 5.75 Å². The Morgan fingerprint density at radius 1 is 1.31 bits per heavy atom. The van der Waals surface area contributed by atoms with Crippen molar-refractivity contribution >= 4 is 16.8 Å². The number of benzene rings is 1. The van der Waals surface area contributed by atoms with Gasteiger partial charge in [0.15, 0.2) is 0 Å². The van der Waals surface area contributed by atoms with Crippen LogP contribution in [0.25, 0.3) is 10.9 Å². The quantitative estimate of drug-likeness (QED) is 0.762. The van der Waals surface area contributed by atoms with Gasteiger partial charge in [0, 0.05) is 42.1 Å². The third-order valence-corrected chi connectivity index (χ3v) is 5.27. The van der Waals surface area contributed by atoms with Crippen molar-refractivity contribution in [1.82, 2.24) is 14.9 Å². The second-order valence-corrected chi connectivity index (χ2v) is 6.80.